The number of fused-ring (bicyclic) bond motifs is 1. The van der Waals surface area contributed by atoms with Gasteiger partial charge in [0.05, 0.1) is 12.5 Å². The summed E-state index contributed by atoms with van der Waals surface area (Å²) < 4.78 is 3.61. The highest BCUT2D eigenvalue weighted by molar-refractivity contribution is 5.99. The van der Waals surface area contributed by atoms with Gasteiger partial charge in [0, 0.05) is 37.4 Å². The van der Waals surface area contributed by atoms with Gasteiger partial charge in [-0.1, -0.05) is 24.3 Å². The maximum Gasteiger partial charge on any atom is 0.257 e. The van der Waals surface area contributed by atoms with E-state index in [9.17, 15) is 4.79 Å². The van der Waals surface area contributed by atoms with Crippen molar-refractivity contribution < 1.29 is 4.79 Å². The zero-order valence-corrected chi connectivity index (χ0v) is 14.3. The lowest BCUT2D eigenvalue weighted by molar-refractivity contribution is 0.0952. The summed E-state index contributed by atoms with van der Waals surface area (Å²) in [5, 5.41) is 7.12. The minimum Gasteiger partial charge on any atom is -0.348 e. The lowest BCUT2D eigenvalue weighted by Crippen LogP contribution is -2.23. The zero-order valence-electron chi connectivity index (χ0n) is 14.3. The Labute approximate surface area is 150 Å². The summed E-state index contributed by atoms with van der Waals surface area (Å²) >= 11 is 0. The highest BCUT2D eigenvalue weighted by atomic mass is 16.1. The second-order valence-corrected chi connectivity index (χ2v) is 6.13. The van der Waals surface area contributed by atoms with Gasteiger partial charge in [-0.3, -0.25) is 4.79 Å². The number of aromatic nitrogens is 5. The van der Waals surface area contributed by atoms with Gasteiger partial charge < -0.3 is 9.88 Å². The molecule has 1 amide bonds. The molecular formula is C19H18N6O. The number of carbonyl (C=O) groups excluding carboxylic acids is 1. The summed E-state index contributed by atoms with van der Waals surface area (Å²) in [7, 11) is 0. The number of carbonyl (C=O) groups is 1. The van der Waals surface area contributed by atoms with E-state index in [2.05, 4.69) is 32.5 Å². The predicted molar refractivity (Wildman–Crippen MR) is 96.7 cm³/mol. The van der Waals surface area contributed by atoms with Gasteiger partial charge in [0.2, 0.25) is 0 Å². The lowest BCUT2D eigenvalue weighted by atomic mass is 10.1. The Hall–Kier alpha value is -3.48. The van der Waals surface area contributed by atoms with Crippen LogP contribution in [0.25, 0.3) is 5.65 Å². The van der Waals surface area contributed by atoms with Crippen molar-refractivity contribution in [3.63, 3.8) is 0 Å². The first-order valence-electron chi connectivity index (χ1n) is 8.32. The number of aryl methyl sites for hydroxylation is 1. The number of benzene rings is 1. The molecule has 0 fully saturated rings. The molecule has 0 saturated heterocycles. The van der Waals surface area contributed by atoms with Crippen LogP contribution < -0.4 is 5.32 Å². The standard InChI is InChI=1S/C19H18N6O/c1-14-5-7-25-18(23-14)17(11-22-25)19(26)21-10-15-3-2-4-16(9-15)12-24-8-6-20-13-24/h2-9,11,13H,10,12H2,1H3,(H,21,26). The molecule has 26 heavy (non-hydrogen) atoms. The molecule has 0 spiro atoms. The molecule has 4 aromatic rings. The largest absolute Gasteiger partial charge is 0.348 e. The fraction of sp³-hybridized carbons (Fsp3) is 0.158. The average Bonchev–Trinajstić information content (AvgIpc) is 3.29. The highest BCUT2D eigenvalue weighted by Crippen LogP contribution is 2.10. The van der Waals surface area contributed by atoms with Crippen LogP contribution in [0, 0.1) is 6.92 Å². The molecule has 7 heteroatoms. The van der Waals surface area contributed by atoms with E-state index in [1.54, 1.807) is 29.4 Å². The van der Waals surface area contributed by atoms with Crippen LogP contribution in [0.15, 0.2) is 61.4 Å². The number of hydrogen-bond acceptors (Lipinski definition) is 4. The summed E-state index contributed by atoms with van der Waals surface area (Å²) in [5.41, 5.74) is 4.08. The quantitative estimate of drug-likeness (QED) is 0.601. The number of hydrogen-bond donors (Lipinski definition) is 1. The van der Waals surface area contributed by atoms with Crippen molar-refractivity contribution in [2.24, 2.45) is 0 Å². The molecule has 0 atom stereocenters. The molecule has 0 bridgehead atoms. The Balaban J connectivity index is 1.46. The van der Waals surface area contributed by atoms with Gasteiger partial charge in [0.15, 0.2) is 5.65 Å². The van der Waals surface area contributed by atoms with Crippen molar-refractivity contribution in [3.05, 3.63) is 83.8 Å². The second kappa shape index (κ2) is 6.79. The van der Waals surface area contributed by atoms with Crippen molar-refractivity contribution in [1.82, 2.24) is 29.5 Å². The topological polar surface area (TPSA) is 77.1 Å². The Morgan fingerprint density at radius 2 is 2.08 bits per heavy atom. The van der Waals surface area contributed by atoms with Crippen molar-refractivity contribution >= 4 is 11.6 Å². The van der Waals surface area contributed by atoms with E-state index in [1.807, 2.05) is 35.9 Å². The van der Waals surface area contributed by atoms with E-state index in [0.717, 1.165) is 23.4 Å². The van der Waals surface area contributed by atoms with E-state index >= 15 is 0 Å². The smallest absolute Gasteiger partial charge is 0.257 e. The van der Waals surface area contributed by atoms with Crippen LogP contribution in [0.2, 0.25) is 0 Å². The fourth-order valence-electron chi connectivity index (χ4n) is 2.83. The SMILES string of the molecule is Cc1ccn2ncc(C(=O)NCc3cccc(Cn4ccnc4)c3)c2n1. The first-order valence-corrected chi connectivity index (χ1v) is 8.32. The van der Waals surface area contributed by atoms with Crippen molar-refractivity contribution in [2.75, 3.05) is 0 Å². The molecule has 0 saturated carbocycles. The number of nitrogens with one attached hydrogen (secondary N) is 1. The molecule has 0 radical (unpaired) electrons. The number of rotatable bonds is 5. The molecular weight excluding hydrogens is 328 g/mol. The number of amides is 1. The molecule has 3 aromatic heterocycles. The Morgan fingerprint density at radius 1 is 1.19 bits per heavy atom. The molecule has 0 aliphatic carbocycles. The minimum atomic E-state index is -0.182. The van der Waals surface area contributed by atoms with Crippen LogP contribution in [-0.2, 0) is 13.1 Å². The van der Waals surface area contributed by atoms with Gasteiger partial charge in [-0.25, -0.2) is 14.5 Å². The summed E-state index contributed by atoms with van der Waals surface area (Å²) in [5.74, 6) is -0.182. The molecule has 3 heterocycles. The summed E-state index contributed by atoms with van der Waals surface area (Å²) in [4.78, 5) is 21.0. The van der Waals surface area contributed by atoms with Crippen LogP contribution in [0.3, 0.4) is 0 Å². The maximum absolute atomic E-state index is 12.5. The van der Waals surface area contributed by atoms with Gasteiger partial charge in [0.1, 0.15) is 5.56 Å². The van der Waals surface area contributed by atoms with Crippen LogP contribution >= 0.6 is 0 Å². The van der Waals surface area contributed by atoms with Crippen molar-refractivity contribution in [1.29, 1.82) is 0 Å². The van der Waals surface area contributed by atoms with Crippen LogP contribution in [0.4, 0.5) is 0 Å². The maximum atomic E-state index is 12.5. The fourth-order valence-corrected chi connectivity index (χ4v) is 2.83. The van der Waals surface area contributed by atoms with Gasteiger partial charge >= 0.3 is 0 Å². The Morgan fingerprint density at radius 3 is 2.92 bits per heavy atom. The summed E-state index contributed by atoms with van der Waals surface area (Å²) in [6.45, 7) is 3.08. The average molecular weight is 346 g/mol. The van der Waals surface area contributed by atoms with E-state index < -0.39 is 0 Å². The van der Waals surface area contributed by atoms with Crippen molar-refractivity contribution in [2.45, 2.75) is 20.0 Å². The Bertz CT molecular complexity index is 1050. The van der Waals surface area contributed by atoms with Crippen molar-refractivity contribution in [3.8, 4) is 0 Å². The third-order valence-electron chi connectivity index (χ3n) is 4.12. The summed E-state index contributed by atoms with van der Waals surface area (Å²) in [6.07, 6.45) is 8.82. The molecule has 4 rings (SSSR count). The molecule has 7 nitrogen and oxygen atoms in total. The van der Waals surface area contributed by atoms with E-state index in [0.29, 0.717) is 17.8 Å². The molecule has 0 aliphatic rings. The lowest BCUT2D eigenvalue weighted by Gasteiger charge is -2.07. The number of imidazole rings is 1. The monoisotopic (exact) mass is 346 g/mol. The van der Waals surface area contributed by atoms with E-state index in [-0.39, 0.29) is 5.91 Å². The van der Waals surface area contributed by atoms with E-state index in [4.69, 9.17) is 0 Å². The van der Waals surface area contributed by atoms with E-state index in [1.165, 1.54) is 0 Å². The predicted octanol–water partition coefficient (Wildman–Crippen LogP) is 2.21. The molecule has 1 aromatic carbocycles. The molecule has 0 unspecified atom stereocenters. The third-order valence-corrected chi connectivity index (χ3v) is 4.12. The number of nitrogens with zero attached hydrogens (tertiary/aromatic N) is 5. The molecule has 0 aliphatic heterocycles. The third kappa shape index (κ3) is 3.32. The molecule has 1 N–H and O–H groups in total. The minimum absolute atomic E-state index is 0.182. The van der Waals surface area contributed by atoms with Crippen LogP contribution in [0.5, 0.6) is 0 Å². The van der Waals surface area contributed by atoms with Crippen LogP contribution in [0.1, 0.15) is 27.2 Å². The summed E-state index contributed by atoms with van der Waals surface area (Å²) in [6, 6.07) is 9.99. The zero-order chi connectivity index (χ0) is 17.9. The van der Waals surface area contributed by atoms with Gasteiger partial charge in [-0.2, -0.15) is 5.10 Å². The van der Waals surface area contributed by atoms with Gasteiger partial charge in [-0.15, -0.1) is 0 Å². The highest BCUT2D eigenvalue weighted by Gasteiger charge is 2.13. The van der Waals surface area contributed by atoms with Gasteiger partial charge in [-0.05, 0) is 24.1 Å². The first kappa shape index (κ1) is 16.0. The second-order valence-electron chi connectivity index (χ2n) is 6.13. The first-order chi connectivity index (χ1) is 12.7. The normalized spacial score (nSPS) is 11.0. The molecule has 130 valence electrons. The van der Waals surface area contributed by atoms with Gasteiger partial charge in [0.25, 0.3) is 5.91 Å². The van der Waals surface area contributed by atoms with Crippen LogP contribution in [-0.4, -0.2) is 30.1 Å². The Kier molecular flexibility index (Phi) is 4.18.